The molecule has 20 heavy (non-hydrogen) atoms. The third kappa shape index (κ3) is 3.85. The number of rotatable bonds is 4. The van der Waals surface area contributed by atoms with Gasteiger partial charge in [0.1, 0.15) is 10.6 Å². The Morgan fingerprint density at radius 1 is 1.35 bits per heavy atom. The molecular weight excluding hydrogens is 300 g/mol. The molecule has 0 saturated carbocycles. The van der Waals surface area contributed by atoms with E-state index in [9.17, 15) is 8.42 Å². The van der Waals surface area contributed by atoms with Gasteiger partial charge in [0.2, 0.25) is 10.0 Å². The topological polar surface area (TPSA) is 67.4 Å². The van der Waals surface area contributed by atoms with Crippen molar-refractivity contribution >= 4 is 22.4 Å². The van der Waals surface area contributed by atoms with E-state index in [2.05, 4.69) is 10.0 Å². The number of ether oxygens (including phenoxy) is 1. The normalized spacial score (nSPS) is 22.9. The second-order valence-electron chi connectivity index (χ2n) is 4.76. The summed E-state index contributed by atoms with van der Waals surface area (Å²) in [5.41, 5.74) is 0. The summed E-state index contributed by atoms with van der Waals surface area (Å²) in [6.07, 6.45) is 1.83. The van der Waals surface area contributed by atoms with Crippen LogP contribution >= 0.6 is 12.4 Å². The summed E-state index contributed by atoms with van der Waals surface area (Å²) in [5.74, 6) is 0.367. The minimum Gasteiger partial charge on any atom is -0.495 e. The van der Waals surface area contributed by atoms with Crippen LogP contribution in [0.4, 0.5) is 0 Å². The third-order valence-corrected chi connectivity index (χ3v) is 4.96. The molecule has 0 amide bonds. The van der Waals surface area contributed by atoms with Crippen molar-refractivity contribution in [2.45, 2.75) is 36.7 Å². The SMILES string of the molecule is COc1ccccc1S(=O)(=O)NC1CCCNC1C.Cl. The molecule has 1 fully saturated rings. The Morgan fingerprint density at radius 3 is 2.70 bits per heavy atom. The third-order valence-electron chi connectivity index (χ3n) is 3.43. The Hall–Kier alpha value is -0.820. The van der Waals surface area contributed by atoms with Crippen LogP contribution in [0, 0.1) is 0 Å². The van der Waals surface area contributed by atoms with Crippen molar-refractivity contribution in [3.05, 3.63) is 24.3 Å². The molecular formula is C13H21ClN2O3S. The summed E-state index contributed by atoms with van der Waals surface area (Å²) in [4.78, 5) is 0.190. The minimum atomic E-state index is -3.55. The summed E-state index contributed by atoms with van der Waals surface area (Å²) in [6.45, 7) is 2.93. The highest BCUT2D eigenvalue weighted by molar-refractivity contribution is 7.89. The number of methoxy groups -OCH3 is 1. The molecule has 2 unspecified atom stereocenters. The lowest BCUT2D eigenvalue weighted by Crippen LogP contribution is -2.51. The lowest BCUT2D eigenvalue weighted by atomic mass is 10.0. The quantitative estimate of drug-likeness (QED) is 0.883. The number of benzene rings is 1. The van der Waals surface area contributed by atoms with Crippen LogP contribution in [0.15, 0.2) is 29.2 Å². The molecule has 5 nitrogen and oxygen atoms in total. The van der Waals surface area contributed by atoms with E-state index in [4.69, 9.17) is 4.74 Å². The molecule has 1 aromatic rings. The summed E-state index contributed by atoms with van der Waals surface area (Å²) < 4.78 is 32.7. The molecule has 1 aliphatic heterocycles. The van der Waals surface area contributed by atoms with E-state index in [0.29, 0.717) is 5.75 Å². The summed E-state index contributed by atoms with van der Waals surface area (Å²) in [7, 11) is -2.08. The first-order chi connectivity index (χ1) is 9.04. The fraction of sp³-hybridized carbons (Fsp3) is 0.538. The van der Waals surface area contributed by atoms with Crippen LogP contribution in [0.5, 0.6) is 5.75 Å². The van der Waals surface area contributed by atoms with Gasteiger partial charge in [-0.05, 0) is 38.4 Å². The van der Waals surface area contributed by atoms with Crippen molar-refractivity contribution in [1.82, 2.24) is 10.0 Å². The summed E-state index contributed by atoms with van der Waals surface area (Å²) >= 11 is 0. The molecule has 7 heteroatoms. The van der Waals surface area contributed by atoms with E-state index in [1.165, 1.54) is 7.11 Å². The van der Waals surface area contributed by atoms with Crippen LogP contribution in [0.25, 0.3) is 0 Å². The second-order valence-corrected chi connectivity index (χ2v) is 6.45. The molecule has 114 valence electrons. The molecule has 0 aliphatic carbocycles. The molecule has 1 saturated heterocycles. The Morgan fingerprint density at radius 2 is 2.05 bits per heavy atom. The fourth-order valence-corrected chi connectivity index (χ4v) is 3.83. The molecule has 0 spiro atoms. The summed E-state index contributed by atoms with van der Waals surface area (Å²) in [5, 5.41) is 3.28. The summed E-state index contributed by atoms with van der Waals surface area (Å²) in [6, 6.07) is 6.71. The first kappa shape index (κ1) is 17.2. The molecule has 2 atom stereocenters. The average molecular weight is 321 g/mol. The number of hydrogen-bond acceptors (Lipinski definition) is 4. The van der Waals surface area contributed by atoms with Crippen LogP contribution in [-0.2, 0) is 10.0 Å². The fourth-order valence-electron chi connectivity index (χ4n) is 2.31. The largest absolute Gasteiger partial charge is 0.495 e. The van der Waals surface area contributed by atoms with Crippen LogP contribution < -0.4 is 14.8 Å². The maximum absolute atomic E-state index is 12.4. The maximum atomic E-state index is 12.4. The van der Waals surface area contributed by atoms with E-state index in [-0.39, 0.29) is 29.4 Å². The van der Waals surface area contributed by atoms with Gasteiger partial charge >= 0.3 is 0 Å². The van der Waals surface area contributed by atoms with Crippen molar-refractivity contribution in [1.29, 1.82) is 0 Å². The highest BCUT2D eigenvalue weighted by Crippen LogP contribution is 2.23. The van der Waals surface area contributed by atoms with Gasteiger partial charge in [-0.15, -0.1) is 12.4 Å². The van der Waals surface area contributed by atoms with Crippen molar-refractivity contribution < 1.29 is 13.2 Å². The Labute approximate surface area is 126 Å². The maximum Gasteiger partial charge on any atom is 0.244 e. The number of nitrogens with one attached hydrogen (secondary N) is 2. The molecule has 1 heterocycles. The molecule has 0 aromatic heterocycles. The number of hydrogen-bond donors (Lipinski definition) is 2. The van der Waals surface area contributed by atoms with Crippen molar-refractivity contribution in [3.8, 4) is 5.75 Å². The zero-order chi connectivity index (χ0) is 13.9. The van der Waals surface area contributed by atoms with Gasteiger partial charge in [0, 0.05) is 12.1 Å². The van der Waals surface area contributed by atoms with Crippen molar-refractivity contribution in [2.75, 3.05) is 13.7 Å². The predicted octanol–water partition coefficient (Wildman–Crippen LogP) is 1.54. The van der Waals surface area contributed by atoms with Gasteiger partial charge in [0.05, 0.1) is 7.11 Å². The van der Waals surface area contributed by atoms with Crippen molar-refractivity contribution in [3.63, 3.8) is 0 Å². The average Bonchev–Trinajstić information content (AvgIpc) is 2.41. The molecule has 0 bridgehead atoms. The van der Waals surface area contributed by atoms with Gasteiger partial charge < -0.3 is 10.1 Å². The van der Waals surface area contributed by atoms with Gasteiger partial charge in [0.25, 0.3) is 0 Å². The van der Waals surface area contributed by atoms with Gasteiger partial charge in [-0.3, -0.25) is 0 Å². The van der Waals surface area contributed by atoms with E-state index < -0.39 is 10.0 Å². The molecule has 1 aromatic carbocycles. The van der Waals surface area contributed by atoms with E-state index in [0.717, 1.165) is 19.4 Å². The Kier molecular flexibility index (Phi) is 6.26. The zero-order valence-corrected chi connectivity index (χ0v) is 13.3. The second kappa shape index (κ2) is 7.26. The Balaban J connectivity index is 0.00000200. The van der Waals surface area contributed by atoms with Gasteiger partial charge in [-0.25, -0.2) is 13.1 Å². The van der Waals surface area contributed by atoms with Crippen LogP contribution in [-0.4, -0.2) is 34.2 Å². The highest BCUT2D eigenvalue weighted by atomic mass is 35.5. The van der Waals surface area contributed by atoms with Gasteiger partial charge in [0.15, 0.2) is 0 Å². The smallest absolute Gasteiger partial charge is 0.244 e. The standard InChI is InChI=1S/C13H20N2O3S.ClH/c1-10-11(6-5-9-14-10)15-19(16,17)13-8-4-3-7-12(13)18-2;/h3-4,7-8,10-11,14-15H,5-6,9H2,1-2H3;1H. The number of halogens is 1. The van der Waals surface area contributed by atoms with Gasteiger partial charge in [-0.1, -0.05) is 12.1 Å². The zero-order valence-electron chi connectivity index (χ0n) is 11.6. The number of piperidine rings is 1. The molecule has 2 N–H and O–H groups in total. The van der Waals surface area contributed by atoms with E-state index in [1.807, 2.05) is 6.92 Å². The van der Waals surface area contributed by atoms with Crippen LogP contribution in [0.1, 0.15) is 19.8 Å². The van der Waals surface area contributed by atoms with Crippen LogP contribution in [0.2, 0.25) is 0 Å². The number of para-hydroxylation sites is 1. The van der Waals surface area contributed by atoms with E-state index >= 15 is 0 Å². The number of sulfonamides is 1. The molecule has 2 rings (SSSR count). The lowest BCUT2D eigenvalue weighted by Gasteiger charge is -2.30. The lowest BCUT2D eigenvalue weighted by molar-refractivity contribution is 0.348. The monoisotopic (exact) mass is 320 g/mol. The first-order valence-corrected chi connectivity index (χ1v) is 7.91. The van der Waals surface area contributed by atoms with Crippen molar-refractivity contribution in [2.24, 2.45) is 0 Å². The van der Waals surface area contributed by atoms with E-state index in [1.54, 1.807) is 24.3 Å². The van der Waals surface area contributed by atoms with Crippen LogP contribution in [0.3, 0.4) is 0 Å². The predicted molar refractivity (Wildman–Crippen MR) is 81.1 cm³/mol. The minimum absolute atomic E-state index is 0. The Bertz CT molecular complexity index is 536. The molecule has 1 aliphatic rings. The van der Waals surface area contributed by atoms with Gasteiger partial charge in [-0.2, -0.15) is 0 Å². The molecule has 0 radical (unpaired) electrons. The highest BCUT2D eigenvalue weighted by Gasteiger charge is 2.28. The first-order valence-electron chi connectivity index (χ1n) is 6.43.